The fourth-order valence-corrected chi connectivity index (χ4v) is 2.61. The molecular weight excluding hydrogens is 316 g/mol. The first kappa shape index (κ1) is 14.0. The molecule has 6 heteroatoms. The number of nitrogens with zero attached hydrogens (tertiary/aromatic N) is 2. The molecule has 0 amide bonds. The molecule has 0 radical (unpaired) electrons. The zero-order valence-electron chi connectivity index (χ0n) is 10.7. The number of para-hydroxylation sites is 1. The standard InChI is InChI=1S/C13H14BrF2N3/c1-3-10-12(14)11(19(2)18-10)7-17-13-8(15)5-4-6-9(13)16/h4-6,17H,3,7H2,1-2H3. The molecule has 1 aromatic carbocycles. The van der Waals surface area contributed by atoms with Crippen LogP contribution in [-0.4, -0.2) is 9.78 Å². The van der Waals surface area contributed by atoms with E-state index in [9.17, 15) is 8.78 Å². The molecule has 0 atom stereocenters. The van der Waals surface area contributed by atoms with Gasteiger partial charge in [-0.15, -0.1) is 0 Å². The van der Waals surface area contributed by atoms with Crippen molar-refractivity contribution < 1.29 is 8.78 Å². The fourth-order valence-electron chi connectivity index (χ4n) is 1.85. The van der Waals surface area contributed by atoms with Gasteiger partial charge in [-0.05, 0) is 34.5 Å². The number of benzene rings is 1. The molecule has 1 N–H and O–H groups in total. The zero-order chi connectivity index (χ0) is 14.0. The molecule has 0 aliphatic carbocycles. The van der Waals surface area contributed by atoms with Crippen molar-refractivity contribution in [1.82, 2.24) is 9.78 Å². The van der Waals surface area contributed by atoms with Crippen LogP contribution in [0.5, 0.6) is 0 Å². The highest BCUT2D eigenvalue weighted by atomic mass is 79.9. The molecule has 3 nitrogen and oxygen atoms in total. The molecule has 19 heavy (non-hydrogen) atoms. The van der Waals surface area contributed by atoms with Crippen molar-refractivity contribution in [3.8, 4) is 0 Å². The molecule has 102 valence electrons. The van der Waals surface area contributed by atoms with Gasteiger partial charge in [-0.2, -0.15) is 5.10 Å². The maximum absolute atomic E-state index is 13.5. The first-order valence-corrected chi connectivity index (χ1v) is 6.72. The van der Waals surface area contributed by atoms with Crippen LogP contribution in [0, 0.1) is 11.6 Å². The molecule has 0 bridgehead atoms. The van der Waals surface area contributed by atoms with E-state index in [1.165, 1.54) is 18.2 Å². The van der Waals surface area contributed by atoms with Crippen LogP contribution in [0.3, 0.4) is 0 Å². The van der Waals surface area contributed by atoms with E-state index in [0.717, 1.165) is 22.3 Å². The van der Waals surface area contributed by atoms with Crippen LogP contribution in [0.25, 0.3) is 0 Å². The highest BCUT2D eigenvalue weighted by Gasteiger charge is 2.14. The van der Waals surface area contributed by atoms with Gasteiger partial charge in [0.15, 0.2) is 0 Å². The SMILES string of the molecule is CCc1nn(C)c(CNc2c(F)cccc2F)c1Br. The summed E-state index contributed by atoms with van der Waals surface area (Å²) in [6.45, 7) is 2.29. The van der Waals surface area contributed by atoms with Crippen LogP contribution in [0.1, 0.15) is 18.3 Å². The van der Waals surface area contributed by atoms with Crippen LogP contribution in [0.4, 0.5) is 14.5 Å². The van der Waals surface area contributed by atoms with E-state index < -0.39 is 11.6 Å². The number of nitrogens with one attached hydrogen (secondary N) is 1. The lowest BCUT2D eigenvalue weighted by atomic mass is 10.2. The van der Waals surface area contributed by atoms with Gasteiger partial charge in [0.2, 0.25) is 0 Å². The lowest BCUT2D eigenvalue weighted by Gasteiger charge is -2.09. The second kappa shape index (κ2) is 5.69. The summed E-state index contributed by atoms with van der Waals surface area (Å²) in [5.41, 5.74) is 1.65. The van der Waals surface area contributed by atoms with Gasteiger partial charge in [0.25, 0.3) is 0 Å². The number of aryl methyl sites for hydroxylation is 2. The van der Waals surface area contributed by atoms with E-state index in [0.29, 0.717) is 6.54 Å². The Morgan fingerprint density at radius 2 is 1.95 bits per heavy atom. The van der Waals surface area contributed by atoms with Crippen molar-refractivity contribution in [3.05, 3.63) is 45.7 Å². The molecular formula is C13H14BrF2N3. The van der Waals surface area contributed by atoms with Crippen molar-refractivity contribution in [2.24, 2.45) is 7.05 Å². The quantitative estimate of drug-likeness (QED) is 0.928. The second-order valence-electron chi connectivity index (χ2n) is 4.13. The van der Waals surface area contributed by atoms with Gasteiger partial charge in [-0.1, -0.05) is 13.0 Å². The van der Waals surface area contributed by atoms with Crippen LogP contribution in [-0.2, 0) is 20.0 Å². The van der Waals surface area contributed by atoms with E-state index in [1.54, 1.807) is 11.7 Å². The summed E-state index contributed by atoms with van der Waals surface area (Å²) < 4.78 is 29.6. The second-order valence-corrected chi connectivity index (χ2v) is 4.93. The Kier molecular flexibility index (Phi) is 4.19. The van der Waals surface area contributed by atoms with Crippen molar-refractivity contribution in [2.45, 2.75) is 19.9 Å². The number of anilines is 1. The summed E-state index contributed by atoms with van der Waals surface area (Å²) in [6, 6.07) is 3.79. The number of hydrogen-bond acceptors (Lipinski definition) is 2. The highest BCUT2D eigenvalue weighted by molar-refractivity contribution is 9.10. The summed E-state index contributed by atoms with van der Waals surface area (Å²) in [4.78, 5) is 0. The zero-order valence-corrected chi connectivity index (χ0v) is 12.3. The molecule has 0 aliphatic rings. The Bertz CT molecular complexity index is 576. The minimum atomic E-state index is -0.603. The predicted octanol–water partition coefficient (Wildman–Crippen LogP) is 3.64. The minimum absolute atomic E-state index is 0.117. The molecule has 0 unspecified atom stereocenters. The molecule has 0 saturated heterocycles. The summed E-state index contributed by atoms with van der Waals surface area (Å²) in [7, 11) is 1.80. The van der Waals surface area contributed by atoms with E-state index >= 15 is 0 Å². The third-order valence-corrected chi connectivity index (χ3v) is 3.81. The van der Waals surface area contributed by atoms with Crippen molar-refractivity contribution in [2.75, 3.05) is 5.32 Å². The Balaban J connectivity index is 2.22. The van der Waals surface area contributed by atoms with Gasteiger partial charge < -0.3 is 5.32 Å². The van der Waals surface area contributed by atoms with Crippen LogP contribution in [0.2, 0.25) is 0 Å². The summed E-state index contributed by atoms with van der Waals surface area (Å²) in [5.74, 6) is -1.21. The lowest BCUT2D eigenvalue weighted by Crippen LogP contribution is -2.08. The summed E-state index contributed by atoms with van der Waals surface area (Å²) in [6.07, 6.45) is 0.794. The van der Waals surface area contributed by atoms with Crippen molar-refractivity contribution in [3.63, 3.8) is 0 Å². The Hall–Kier alpha value is -1.43. The Morgan fingerprint density at radius 1 is 1.32 bits per heavy atom. The molecule has 2 aromatic rings. The minimum Gasteiger partial charge on any atom is -0.375 e. The Morgan fingerprint density at radius 3 is 2.47 bits per heavy atom. The first-order chi connectivity index (χ1) is 9.04. The van der Waals surface area contributed by atoms with Crippen molar-refractivity contribution >= 4 is 21.6 Å². The number of hydrogen-bond donors (Lipinski definition) is 1. The third-order valence-electron chi connectivity index (χ3n) is 2.90. The predicted molar refractivity (Wildman–Crippen MR) is 74.0 cm³/mol. The van der Waals surface area contributed by atoms with Gasteiger partial charge in [0.05, 0.1) is 22.4 Å². The normalized spacial score (nSPS) is 10.8. The lowest BCUT2D eigenvalue weighted by molar-refractivity contribution is 0.587. The molecule has 1 aromatic heterocycles. The van der Waals surface area contributed by atoms with Crippen molar-refractivity contribution in [1.29, 1.82) is 0 Å². The van der Waals surface area contributed by atoms with Gasteiger partial charge in [-0.3, -0.25) is 4.68 Å². The smallest absolute Gasteiger partial charge is 0.149 e. The van der Waals surface area contributed by atoms with E-state index in [2.05, 4.69) is 26.3 Å². The third kappa shape index (κ3) is 2.78. The topological polar surface area (TPSA) is 29.9 Å². The highest BCUT2D eigenvalue weighted by Crippen LogP contribution is 2.24. The molecule has 0 fully saturated rings. The maximum Gasteiger partial charge on any atom is 0.149 e. The summed E-state index contributed by atoms with van der Waals surface area (Å²) >= 11 is 3.46. The van der Waals surface area contributed by atoms with E-state index in [4.69, 9.17) is 0 Å². The monoisotopic (exact) mass is 329 g/mol. The first-order valence-electron chi connectivity index (χ1n) is 5.92. The number of halogens is 3. The molecule has 0 spiro atoms. The van der Waals surface area contributed by atoms with E-state index in [1.807, 2.05) is 6.92 Å². The summed E-state index contributed by atoms with van der Waals surface area (Å²) in [5, 5.41) is 7.10. The van der Waals surface area contributed by atoms with Crippen LogP contribution in [0.15, 0.2) is 22.7 Å². The average Bonchev–Trinajstić information content (AvgIpc) is 2.65. The van der Waals surface area contributed by atoms with Crippen LogP contribution < -0.4 is 5.32 Å². The van der Waals surface area contributed by atoms with Gasteiger partial charge in [-0.25, -0.2) is 8.78 Å². The molecule has 1 heterocycles. The van der Waals surface area contributed by atoms with Crippen LogP contribution >= 0.6 is 15.9 Å². The molecule has 0 aliphatic heterocycles. The molecule has 0 saturated carbocycles. The molecule has 2 rings (SSSR count). The largest absolute Gasteiger partial charge is 0.375 e. The number of aromatic nitrogens is 2. The fraction of sp³-hybridized carbons (Fsp3) is 0.308. The maximum atomic E-state index is 13.5. The average molecular weight is 330 g/mol. The van der Waals surface area contributed by atoms with Gasteiger partial charge in [0, 0.05) is 7.05 Å². The Labute approximate surface area is 118 Å². The number of rotatable bonds is 4. The van der Waals surface area contributed by atoms with Gasteiger partial charge >= 0.3 is 0 Å². The van der Waals surface area contributed by atoms with E-state index in [-0.39, 0.29) is 5.69 Å². The van der Waals surface area contributed by atoms with Gasteiger partial charge in [0.1, 0.15) is 17.3 Å².